The zero-order valence-electron chi connectivity index (χ0n) is 9.30. The minimum Gasteiger partial charge on any atom is -0.440 e. The summed E-state index contributed by atoms with van der Waals surface area (Å²) in [5, 5.41) is 2.30. The molecule has 0 aromatic carbocycles. The first kappa shape index (κ1) is 15.0. The Bertz CT molecular complexity index is 221. The van der Waals surface area contributed by atoms with Crippen LogP contribution < -0.4 is 11.1 Å². The van der Waals surface area contributed by atoms with Crippen molar-refractivity contribution in [2.45, 2.75) is 32.5 Å². The number of nitrogens with one attached hydrogen (secondary N) is 1. The molecule has 0 aliphatic heterocycles. The van der Waals surface area contributed by atoms with Crippen LogP contribution in [-0.2, 0) is 4.74 Å². The van der Waals surface area contributed by atoms with E-state index < -0.39 is 18.9 Å². The van der Waals surface area contributed by atoms with Crippen LogP contribution in [-0.4, -0.2) is 31.5 Å². The molecular weight excluding hydrogens is 225 g/mol. The molecule has 0 saturated carbocycles. The molecule has 7 heteroatoms. The molecule has 0 spiro atoms. The smallest absolute Gasteiger partial charge is 0.422 e. The fourth-order valence-corrected chi connectivity index (χ4v) is 1.06. The standard InChI is InChI=1S/C9H17F3N2O2/c1-3-6(2)7(4-13)14-8(15)16-5-9(10,11)12/h6-7H,3-5,13H2,1-2H3,(H,14,15)/t6-,7?/m0/s1. The van der Waals surface area contributed by atoms with Gasteiger partial charge in [0.1, 0.15) is 0 Å². The lowest BCUT2D eigenvalue weighted by Gasteiger charge is -2.22. The number of alkyl carbamates (subject to hydrolysis) is 1. The zero-order valence-corrected chi connectivity index (χ0v) is 9.30. The summed E-state index contributed by atoms with van der Waals surface area (Å²) in [6, 6.07) is -0.370. The second-order valence-electron chi connectivity index (χ2n) is 3.56. The Morgan fingerprint density at radius 1 is 1.50 bits per heavy atom. The lowest BCUT2D eigenvalue weighted by molar-refractivity contribution is -0.160. The van der Waals surface area contributed by atoms with Crippen molar-refractivity contribution in [3.05, 3.63) is 0 Å². The van der Waals surface area contributed by atoms with E-state index in [0.717, 1.165) is 6.42 Å². The van der Waals surface area contributed by atoms with Gasteiger partial charge in [-0.05, 0) is 5.92 Å². The van der Waals surface area contributed by atoms with E-state index >= 15 is 0 Å². The van der Waals surface area contributed by atoms with Crippen molar-refractivity contribution in [1.82, 2.24) is 5.32 Å². The van der Waals surface area contributed by atoms with Crippen LogP contribution in [0.5, 0.6) is 0 Å². The van der Waals surface area contributed by atoms with Crippen LogP contribution in [0.15, 0.2) is 0 Å². The van der Waals surface area contributed by atoms with Crippen molar-refractivity contribution in [2.24, 2.45) is 11.7 Å². The van der Waals surface area contributed by atoms with Crippen molar-refractivity contribution in [3.8, 4) is 0 Å². The second kappa shape index (κ2) is 6.57. The van der Waals surface area contributed by atoms with E-state index in [0.29, 0.717) is 0 Å². The molecule has 0 aliphatic rings. The van der Waals surface area contributed by atoms with Crippen LogP contribution in [0.1, 0.15) is 20.3 Å². The number of carbonyl (C=O) groups excluding carboxylic acids is 1. The summed E-state index contributed by atoms with van der Waals surface area (Å²) < 4.78 is 39.2. The number of hydrogen-bond acceptors (Lipinski definition) is 3. The fourth-order valence-electron chi connectivity index (χ4n) is 1.06. The van der Waals surface area contributed by atoms with Crippen molar-refractivity contribution in [1.29, 1.82) is 0 Å². The Kier molecular flexibility index (Phi) is 6.17. The number of carbonyl (C=O) groups is 1. The predicted molar refractivity (Wildman–Crippen MR) is 52.8 cm³/mol. The molecule has 0 fully saturated rings. The molecule has 1 unspecified atom stereocenters. The first-order valence-electron chi connectivity index (χ1n) is 5.00. The largest absolute Gasteiger partial charge is 0.440 e. The van der Waals surface area contributed by atoms with Crippen LogP contribution in [0, 0.1) is 5.92 Å². The highest BCUT2D eigenvalue weighted by molar-refractivity contribution is 5.67. The summed E-state index contributed by atoms with van der Waals surface area (Å²) >= 11 is 0. The molecule has 1 amide bonds. The van der Waals surface area contributed by atoms with Crippen LogP contribution in [0.2, 0.25) is 0 Å². The van der Waals surface area contributed by atoms with Gasteiger partial charge in [-0.2, -0.15) is 13.2 Å². The fraction of sp³-hybridized carbons (Fsp3) is 0.889. The van der Waals surface area contributed by atoms with Gasteiger partial charge in [0, 0.05) is 12.6 Å². The summed E-state index contributed by atoms with van der Waals surface area (Å²) in [5.74, 6) is 0.0865. The average molecular weight is 242 g/mol. The predicted octanol–water partition coefficient (Wildman–Crippen LogP) is 1.65. The van der Waals surface area contributed by atoms with Gasteiger partial charge < -0.3 is 15.8 Å². The van der Waals surface area contributed by atoms with Gasteiger partial charge >= 0.3 is 12.3 Å². The van der Waals surface area contributed by atoms with Crippen LogP contribution >= 0.6 is 0 Å². The molecule has 16 heavy (non-hydrogen) atoms. The van der Waals surface area contributed by atoms with Crippen LogP contribution in [0.4, 0.5) is 18.0 Å². The number of rotatable bonds is 5. The van der Waals surface area contributed by atoms with E-state index in [1.54, 1.807) is 0 Å². The summed E-state index contributed by atoms with van der Waals surface area (Å²) in [7, 11) is 0. The number of nitrogens with two attached hydrogens (primary N) is 1. The zero-order chi connectivity index (χ0) is 12.8. The monoisotopic (exact) mass is 242 g/mol. The molecule has 0 bridgehead atoms. The second-order valence-corrected chi connectivity index (χ2v) is 3.56. The highest BCUT2D eigenvalue weighted by atomic mass is 19.4. The van der Waals surface area contributed by atoms with Gasteiger partial charge in [0.15, 0.2) is 6.61 Å². The van der Waals surface area contributed by atoms with Gasteiger partial charge in [-0.25, -0.2) is 4.79 Å². The summed E-state index contributed by atoms with van der Waals surface area (Å²) in [4.78, 5) is 11.0. The molecule has 0 aromatic rings. The number of ether oxygens (including phenoxy) is 1. The van der Waals surface area contributed by atoms with Gasteiger partial charge in [0.25, 0.3) is 0 Å². The number of alkyl halides is 3. The number of hydrogen-bond donors (Lipinski definition) is 2. The maximum Gasteiger partial charge on any atom is 0.422 e. The maximum atomic E-state index is 11.7. The molecule has 96 valence electrons. The Labute approximate surface area is 92.3 Å². The molecule has 3 N–H and O–H groups in total. The Hall–Kier alpha value is -0.980. The average Bonchev–Trinajstić information content (AvgIpc) is 2.21. The van der Waals surface area contributed by atoms with Crippen molar-refractivity contribution >= 4 is 6.09 Å². The van der Waals surface area contributed by atoms with Crippen molar-refractivity contribution in [3.63, 3.8) is 0 Å². The third kappa shape index (κ3) is 6.49. The molecule has 2 atom stereocenters. The van der Waals surface area contributed by atoms with Crippen LogP contribution in [0.25, 0.3) is 0 Å². The summed E-state index contributed by atoms with van der Waals surface area (Å²) in [6.45, 7) is 2.32. The Morgan fingerprint density at radius 3 is 2.44 bits per heavy atom. The van der Waals surface area contributed by atoms with Crippen molar-refractivity contribution in [2.75, 3.05) is 13.2 Å². The summed E-state index contributed by atoms with van der Waals surface area (Å²) in [6.07, 6.45) is -4.83. The lowest BCUT2D eigenvalue weighted by Crippen LogP contribution is -2.45. The quantitative estimate of drug-likeness (QED) is 0.770. The van der Waals surface area contributed by atoms with E-state index in [2.05, 4.69) is 10.1 Å². The lowest BCUT2D eigenvalue weighted by atomic mass is 10.00. The topological polar surface area (TPSA) is 64.3 Å². The summed E-state index contributed by atoms with van der Waals surface area (Å²) in [5.41, 5.74) is 5.39. The number of amides is 1. The third-order valence-corrected chi connectivity index (χ3v) is 2.25. The number of halogens is 3. The van der Waals surface area contributed by atoms with E-state index in [1.165, 1.54) is 0 Å². The van der Waals surface area contributed by atoms with E-state index in [4.69, 9.17) is 5.73 Å². The molecule has 0 saturated heterocycles. The van der Waals surface area contributed by atoms with E-state index in [1.807, 2.05) is 13.8 Å². The molecule has 4 nitrogen and oxygen atoms in total. The molecule has 0 radical (unpaired) electrons. The maximum absolute atomic E-state index is 11.7. The SMILES string of the molecule is CC[C@H](C)C(CN)NC(=O)OCC(F)(F)F. The Morgan fingerprint density at radius 2 is 2.06 bits per heavy atom. The molecule has 0 aromatic heterocycles. The van der Waals surface area contributed by atoms with Gasteiger partial charge in [-0.15, -0.1) is 0 Å². The van der Waals surface area contributed by atoms with E-state index in [-0.39, 0.29) is 18.5 Å². The van der Waals surface area contributed by atoms with Crippen LogP contribution in [0.3, 0.4) is 0 Å². The molecule has 0 aliphatic carbocycles. The normalized spacial score (nSPS) is 15.4. The first-order chi connectivity index (χ1) is 7.30. The molecular formula is C9H17F3N2O2. The van der Waals surface area contributed by atoms with Gasteiger partial charge in [-0.1, -0.05) is 20.3 Å². The van der Waals surface area contributed by atoms with E-state index in [9.17, 15) is 18.0 Å². The Balaban J connectivity index is 4.02. The molecule has 0 heterocycles. The molecule has 0 rings (SSSR count). The first-order valence-corrected chi connectivity index (χ1v) is 5.00. The van der Waals surface area contributed by atoms with Gasteiger partial charge in [-0.3, -0.25) is 0 Å². The van der Waals surface area contributed by atoms with Gasteiger partial charge in [0.05, 0.1) is 0 Å². The minimum atomic E-state index is -4.51. The highest BCUT2D eigenvalue weighted by Crippen LogP contribution is 2.14. The van der Waals surface area contributed by atoms with Crippen molar-refractivity contribution < 1.29 is 22.7 Å². The highest BCUT2D eigenvalue weighted by Gasteiger charge is 2.30. The minimum absolute atomic E-state index is 0.0865. The third-order valence-electron chi connectivity index (χ3n) is 2.25. The van der Waals surface area contributed by atoms with Gasteiger partial charge in [0.2, 0.25) is 0 Å².